The molecular weight excluding hydrogens is 258 g/mol. The fourth-order valence-corrected chi connectivity index (χ4v) is 3.92. The molecule has 0 fully saturated rings. The van der Waals surface area contributed by atoms with Gasteiger partial charge < -0.3 is 15.2 Å². The molecule has 100 valence electrons. The summed E-state index contributed by atoms with van der Waals surface area (Å²) in [5, 5.41) is 0.914. The number of anilines is 1. The SMILES string of the molecule is COc1ccc(-c2c(N)sc3c2CCC3)cc1OC. The van der Waals surface area contributed by atoms with Crippen LogP contribution in [0.25, 0.3) is 11.1 Å². The van der Waals surface area contributed by atoms with E-state index in [0.29, 0.717) is 0 Å². The standard InChI is InChI=1S/C15H17NO2S/c1-17-11-7-6-9(8-12(11)18-2)14-10-4-3-5-13(10)19-15(14)16/h6-8H,3-5,16H2,1-2H3. The molecule has 1 heterocycles. The first-order chi connectivity index (χ1) is 9.24. The molecule has 1 aromatic heterocycles. The summed E-state index contributed by atoms with van der Waals surface area (Å²) in [4.78, 5) is 1.45. The quantitative estimate of drug-likeness (QED) is 0.932. The zero-order chi connectivity index (χ0) is 13.4. The van der Waals surface area contributed by atoms with Crippen molar-refractivity contribution in [3.05, 3.63) is 28.6 Å². The van der Waals surface area contributed by atoms with Crippen LogP contribution in [0.3, 0.4) is 0 Å². The second-order valence-electron chi connectivity index (χ2n) is 4.67. The van der Waals surface area contributed by atoms with Gasteiger partial charge >= 0.3 is 0 Å². The van der Waals surface area contributed by atoms with Gasteiger partial charge in [0.1, 0.15) is 0 Å². The maximum atomic E-state index is 6.19. The Morgan fingerprint density at radius 1 is 1.11 bits per heavy atom. The summed E-state index contributed by atoms with van der Waals surface area (Å²) in [7, 11) is 3.30. The van der Waals surface area contributed by atoms with Crippen molar-refractivity contribution in [3.8, 4) is 22.6 Å². The normalized spacial score (nSPS) is 13.4. The summed E-state index contributed by atoms with van der Waals surface area (Å²) in [5.74, 6) is 1.49. The van der Waals surface area contributed by atoms with Gasteiger partial charge in [0, 0.05) is 10.4 Å². The molecule has 1 aromatic carbocycles. The lowest BCUT2D eigenvalue weighted by Gasteiger charge is -2.10. The Morgan fingerprint density at radius 3 is 2.63 bits per heavy atom. The van der Waals surface area contributed by atoms with Gasteiger partial charge in [-0.25, -0.2) is 0 Å². The highest BCUT2D eigenvalue weighted by Crippen LogP contribution is 2.45. The molecule has 0 radical (unpaired) electrons. The van der Waals surface area contributed by atoms with Gasteiger partial charge in [-0.15, -0.1) is 11.3 Å². The van der Waals surface area contributed by atoms with Gasteiger partial charge in [0.25, 0.3) is 0 Å². The first kappa shape index (κ1) is 12.4. The molecule has 0 saturated heterocycles. The number of ether oxygens (including phenoxy) is 2. The van der Waals surface area contributed by atoms with E-state index in [4.69, 9.17) is 15.2 Å². The number of fused-ring (bicyclic) bond motifs is 1. The lowest BCUT2D eigenvalue weighted by atomic mass is 10.0. The second-order valence-corrected chi connectivity index (χ2v) is 5.80. The molecule has 0 spiro atoms. The third kappa shape index (κ3) is 1.96. The molecule has 2 aromatic rings. The summed E-state index contributed by atoms with van der Waals surface area (Å²) >= 11 is 1.73. The zero-order valence-electron chi connectivity index (χ0n) is 11.2. The molecule has 19 heavy (non-hydrogen) atoms. The Morgan fingerprint density at radius 2 is 1.89 bits per heavy atom. The molecule has 0 unspecified atom stereocenters. The predicted molar refractivity (Wildman–Crippen MR) is 79.3 cm³/mol. The second kappa shape index (κ2) is 4.78. The van der Waals surface area contributed by atoms with Gasteiger partial charge in [0.05, 0.1) is 19.2 Å². The number of aryl methyl sites for hydroxylation is 1. The Bertz CT molecular complexity index is 619. The van der Waals surface area contributed by atoms with E-state index < -0.39 is 0 Å². The van der Waals surface area contributed by atoms with E-state index in [0.717, 1.165) is 34.9 Å². The maximum absolute atomic E-state index is 6.19. The van der Waals surface area contributed by atoms with Crippen LogP contribution in [0.4, 0.5) is 5.00 Å². The third-order valence-electron chi connectivity index (χ3n) is 3.62. The summed E-state index contributed by atoms with van der Waals surface area (Å²) in [6.07, 6.45) is 3.53. The summed E-state index contributed by atoms with van der Waals surface area (Å²) in [6.45, 7) is 0. The Kier molecular flexibility index (Phi) is 3.11. The Hall–Kier alpha value is -1.68. The van der Waals surface area contributed by atoms with Crippen molar-refractivity contribution in [2.45, 2.75) is 19.3 Å². The average Bonchev–Trinajstić information content (AvgIpc) is 2.97. The molecular formula is C15H17NO2S. The molecule has 3 rings (SSSR count). The first-order valence-electron chi connectivity index (χ1n) is 6.37. The molecule has 0 amide bonds. The highest BCUT2D eigenvalue weighted by Gasteiger charge is 2.22. The zero-order valence-corrected chi connectivity index (χ0v) is 12.0. The van der Waals surface area contributed by atoms with Crippen LogP contribution in [0.2, 0.25) is 0 Å². The van der Waals surface area contributed by atoms with Crippen molar-refractivity contribution < 1.29 is 9.47 Å². The van der Waals surface area contributed by atoms with Gasteiger partial charge in [-0.2, -0.15) is 0 Å². The number of thiophene rings is 1. The van der Waals surface area contributed by atoms with Crippen LogP contribution in [0.5, 0.6) is 11.5 Å². The maximum Gasteiger partial charge on any atom is 0.161 e. The minimum Gasteiger partial charge on any atom is -0.493 e. The molecule has 1 aliphatic carbocycles. The van der Waals surface area contributed by atoms with Crippen molar-refractivity contribution in [1.82, 2.24) is 0 Å². The van der Waals surface area contributed by atoms with Crippen LogP contribution < -0.4 is 15.2 Å². The molecule has 0 bridgehead atoms. The van der Waals surface area contributed by atoms with Crippen molar-refractivity contribution >= 4 is 16.3 Å². The number of rotatable bonds is 3. The number of nitrogens with two attached hydrogens (primary N) is 1. The van der Waals surface area contributed by atoms with E-state index in [1.807, 2.05) is 12.1 Å². The van der Waals surface area contributed by atoms with Crippen LogP contribution >= 0.6 is 11.3 Å². The third-order valence-corrected chi connectivity index (χ3v) is 4.74. The largest absolute Gasteiger partial charge is 0.493 e. The minimum absolute atomic E-state index is 0.747. The van der Waals surface area contributed by atoms with Gasteiger partial charge in [0.2, 0.25) is 0 Å². The van der Waals surface area contributed by atoms with Gasteiger partial charge in [-0.05, 0) is 42.5 Å². The molecule has 0 atom stereocenters. The molecule has 0 saturated carbocycles. The topological polar surface area (TPSA) is 44.5 Å². The smallest absolute Gasteiger partial charge is 0.161 e. The lowest BCUT2D eigenvalue weighted by Crippen LogP contribution is -1.93. The monoisotopic (exact) mass is 275 g/mol. The molecule has 3 nitrogen and oxygen atoms in total. The Labute approximate surface area is 117 Å². The minimum atomic E-state index is 0.747. The number of hydrogen-bond donors (Lipinski definition) is 1. The molecule has 1 aliphatic rings. The number of hydrogen-bond acceptors (Lipinski definition) is 4. The fraction of sp³-hybridized carbons (Fsp3) is 0.333. The number of nitrogen functional groups attached to an aromatic ring is 1. The van der Waals surface area contributed by atoms with Crippen molar-refractivity contribution in [2.75, 3.05) is 20.0 Å². The highest BCUT2D eigenvalue weighted by molar-refractivity contribution is 7.16. The van der Waals surface area contributed by atoms with Crippen LogP contribution in [0.15, 0.2) is 18.2 Å². The summed E-state index contributed by atoms with van der Waals surface area (Å²) in [6, 6.07) is 6.00. The van der Waals surface area contributed by atoms with Crippen LogP contribution in [0.1, 0.15) is 16.9 Å². The van der Waals surface area contributed by atoms with E-state index in [2.05, 4.69) is 6.07 Å². The van der Waals surface area contributed by atoms with Crippen LogP contribution in [-0.2, 0) is 12.8 Å². The Balaban J connectivity index is 2.12. The molecule has 4 heteroatoms. The fourth-order valence-electron chi connectivity index (χ4n) is 2.73. The van der Waals surface area contributed by atoms with Gasteiger partial charge in [-0.3, -0.25) is 0 Å². The summed E-state index contributed by atoms with van der Waals surface area (Å²) < 4.78 is 10.6. The van der Waals surface area contributed by atoms with Crippen molar-refractivity contribution in [1.29, 1.82) is 0 Å². The van der Waals surface area contributed by atoms with Gasteiger partial charge in [0.15, 0.2) is 11.5 Å². The number of methoxy groups -OCH3 is 2. The molecule has 2 N–H and O–H groups in total. The number of benzene rings is 1. The van der Waals surface area contributed by atoms with E-state index >= 15 is 0 Å². The van der Waals surface area contributed by atoms with Crippen molar-refractivity contribution in [2.24, 2.45) is 0 Å². The van der Waals surface area contributed by atoms with Crippen LogP contribution in [0, 0.1) is 0 Å². The molecule has 0 aliphatic heterocycles. The first-order valence-corrected chi connectivity index (χ1v) is 7.18. The highest BCUT2D eigenvalue weighted by atomic mass is 32.1. The van der Waals surface area contributed by atoms with Crippen LogP contribution in [-0.4, -0.2) is 14.2 Å². The van der Waals surface area contributed by atoms with E-state index in [1.54, 1.807) is 25.6 Å². The lowest BCUT2D eigenvalue weighted by molar-refractivity contribution is 0.355. The average molecular weight is 275 g/mol. The predicted octanol–water partition coefficient (Wildman–Crippen LogP) is 3.50. The van der Waals surface area contributed by atoms with Gasteiger partial charge in [-0.1, -0.05) is 6.07 Å². The van der Waals surface area contributed by atoms with E-state index in [1.165, 1.54) is 22.4 Å². The van der Waals surface area contributed by atoms with E-state index in [-0.39, 0.29) is 0 Å². The summed E-state index contributed by atoms with van der Waals surface area (Å²) in [5.41, 5.74) is 9.93. The van der Waals surface area contributed by atoms with E-state index in [9.17, 15) is 0 Å². The van der Waals surface area contributed by atoms with Crippen molar-refractivity contribution in [3.63, 3.8) is 0 Å².